The smallest absolute Gasteiger partial charge is 0.405 e. The summed E-state index contributed by atoms with van der Waals surface area (Å²) < 4.78 is 41.0. The number of nitro benzene ring substituents is 1. The topological polar surface area (TPSA) is 52.4 Å². The standard InChI is InChI=1S/C13H7ClF3NO3/c14-8-5-6-9(11(7-8)18(19)20)10-3-1-2-4-12(10)21-13(15,16)17/h1-7H. The fraction of sp³-hybridized carbons (Fsp3) is 0.0769. The minimum atomic E-state index is -4.89. The molecule has 2 rings (SSSR count). The third kappa shape index (κ3) is 3.63. The van der Waals surface area contributed by atoms with Gasteiger partial charge >= 0.3 is 6.36 Å². The molecule has 110 valence electrons. The van der Waals surface area contributed by atoms with Gasteiger partial charge in [0.15, 0.2) is 0 Å². The van der Waals surface area contributed by atoms with Gasteiger partial charge in [-0.2, -0.15) is 0 Å². The molecule has 0 atom stereocenters. The van der Waals surface area contributed by atoms with Crippen LogP contribution in [0.5, 0.6) is 5.75 Å². The van der Waals surface area contributed by atoms with Crippen LogP contribution in [0.3, 0.4) is 0 Å². The van der Waals surface area contributed by atoms with Crippen LogP contribution in [0.4, 0.5) is 18.9 Å². The lowest BCUT2D eigenvalue weighted by atomic mass is 10.0. The summed E-state index contributed by atoms with van der Waals surface area (Å²) in [7, 11) is 0. The molecule has 0 aliphatic heterocycles. The molecule has 0 radical (unpaired) electrons. The molecule has 8 heteroatoms. The quantitative estimate of drug-likeness (QED) is 0.602. The van der Waals surface area contributed by atoms with E-state index in [1.807, 2.05) is 0 Å². The van der Waals surface area contributed by atoms with E-state index in [4.69, 9.17) is 11.6 Å². The Morgan fingerprint density at radius 1 is 1.10 bits per heavy atom. The van der Waals surface area contributed by atoms with E-state index >= 15 is 0 Å². The maximum Gasteiger partial charge on any atom is 0.573 e. The zero-order valence-corrected chi connectivity index (χ0v) is 11.0. The van der Waals surface area contributed by atoms with Crippen LogP contribution >= 0.6 is 11.6 Å². The van der Waals surface area contributed by atoms with Crippen molar-refractivity contribution in [2.24, 2.45) is 0 Å². The number of halogens is 4. The Balaban J connectivity index is 2.60. The lowest BCUT2D eigenvalue weighted by Gasteiger charge is -2.13. The van der Waals surface area contributed by atoms with Gasteiger partial charge in [0.05, 0.1) is 10.5 Å². The van der Waals surface area contributed by atoms with Gasteiger partial charge in [0.1, 0.15) is 5.75 Å². The van der Waals surface area contributed by atoms with Crippen molar-refractivity contribution in [1.82, 2.24) is 0 Å². The molecule has 0 unspecified atom stereocenters. The largest absolute Gasteiger partial charge is 0.573 e. The van der Waals surface area contributed by atoms with Crippen molar-refractivity contribution in [2.75, 3.05) is 0 Å². The van der Waals surface area contributed by atoms with E-state index in [1.54, 1.807) is 0 Å². The van der Waals surface area contributed by atoms with Crippen molar-refractivity contribution in [3.63, 3.8) is 0 Å². The normalized spacial score (nSPS) is 11.2. The number of nitro groups is 1. The Bertz CT molecular complexity index is 689. The first-order valence-electron chi connectivity index (χ1n) is 5.57. The second-order valence-corrected chi connectivity index (χ2v) is 4.40. The molecule has 0 saturated heterocycles. The summed E-state index contributed by atoms with van der Waals surface area (Å²) in [5, 5.41) is 11.1. The van der Waals surface area contributed by atoms with E-state index in [0.717, 1.165) is 12.1 Å². The monoisotopic (exact) mass is 317 g/mol. The lowest BCUT2D eigenvalue weighted by Crippen LogP contribution is -2.17. The molecule has 0 saturated carbocycles. The molecule has 2 aromatic rings. The summed E-state index contributed by atoms with van der Waals surface area (Å²) in [6, 6.07) is 8.89. The zero-order chi connectivity index (χ0) is 15.6. The molecule has 0 spiro atoms. The first-order chi connectivity index (χ1) is 9.78. The second kappa shape index (κ2) is 5.61. The fourth-order valence-corrected chi connectivity index (χ4v) is 1.95. The maximum absolute atomic E-state index is 12.4. The molecule has 0 bridgehead atoms. The molecule has 0 aliphatic rings. The number of benzene rings is 2. The van der Waals surface area contributed by atoms with Crippen molar-refractivity contribution in [2.45, 2.75) is 6.36 Å². The van der Waals surface area contributed by atoms with Crippen LogP contribution < -0.4 is 4.74 Å². The maximum atomic E-state index is 12.4. The average Bonchev–Trinajstić information content (AvgIpc) is 2.37. The molecule has 4 nitrogen and oxygen atoms in total. The van der Waals surface area contributed by atoms with Gasteiger partial charge in [0.25, 0.3) is 5.69 Å². The molecule has 2 aromatic carbocycles. The van der Waals surface area contributed by atoms with Crippen molar-refractivity contribution >= 4 is 17.3 Å². The highest BCUT2D eigenvalue weighted by Gasteiger charge is 2.32. The van der Waals surface area contributed by atoms with Crippen LogP contribution in [0.2, 0.25) is 5.02 Å². The summed E-state index contributed by atoms with van der Waals surface area (Å²) in [6.45, 7) is 0. The van der Waals surface area contributed by atoms with Crippen molar-refractivity contribution in [3.8, 4) is 16.9 Å². The number of rotatable bonds is 3. The Morgan fingerprint density at radius 3 is 2.38 bits per heavy atom. The Morgan fingerprint density at radius 2 is 1.76 bits per heavy atom. The fourth-order valence-electron chi connectivity index (χ4n) is 1.79. The van der Waals surface area contributed by atoms with Crippen molar-refractivity contribution in [3.05, 3.63) is 57.6 Å². The van der Waals surface area contributed by atoms with Gasteiger partial charge in [-0.15, -0.1) is 13.2 Å². The molecule has 0 N–H and O–H groups in total. The van der Waals surface area contributed by atoms with Crippen LogP contribution in [-0.2, 0) is 0 Å². The lowest BCUT2D eigenvalue weighted by molar-refractivity contribution is -0.384. The van der Waals surface area contributed by atoms with Gasteiger partial charge in [-0.05, 0) is 18.2 Å². The summed E-state index contributed by atoms with van der Waals surface area (Å²) in [5.41, 5.74) is -0.455. The third-order valence-corrected chi connectivity index (χ3v) is 2.79. The summed E-state index contributed by atoms with van der Waals surface area (Å²) in [6.07, 6.45) is -4.89. The minimum absolute atomic E-state index is 0.00995. The van der Waals surface area contributed by atoms with Crippen LogP contribution in [0, 0.1) is 10.1 Å². The van der Waals surface area contributed by atoms with Crippen LogP contribution in [0.15, 0.2) is 42.5 Å². The summed E-state index contributed by atoms with van der Waals surface area (Å²) >= 11 is 5.68. The average molecular weight is 318 g/mol. The molecule has 0 fully saturated rings. The van der Waals surface area contributed by atoms with Crippen LogP contribution in [0.1, 0.15) is 0 Å². The molecule has 0 aliphatic carbocycles. The number of nitrogens with zero attached hydrogens (tertiary/aromatic N) is 1. The number of para-hydroxylation sites is 1. The molecule has 0 aromatic heterocycles. The first-order valence-corrected chi connectivity index (χ1v) is 5.95. The van der Waals surface area contributed by atoms with E-state index in [0.29, 0.717) is 0 Å². The van der Waals surface area contributed by atoms with Crippen LogP contribution in [-0.4, -0.2) is 11.3 Å². The van der Waals surface area contributed by atoms with Gasteiger partial charge in [0.2, 0.25) is 0 Å². The number of hydrogen-bond donors (Lipinski definition) is 0. The second-order valence-electron chi connectivity index (χ2n) is 3.96. The predicted octanol–water partition coefficient (Wildman–Crippen LogP) is 4.81. The highest BCUT2D eigenvalue weighted by Crippen LogP contribution is 2.39. The minimum Gasteiger partial charge on any atom is -0.405 e. The molecule has 0 heterocycles. The highest BCUT2D eigenvalue weighted by atomic mass is 35.5. The molecular formula is C13H7ClF3NO3. The zero-order valence-electron chi connectivity index (χ0n) is 10.2. The summed E-state index contributed by atoms with van der Waals surface area (Å²) in [5.74, 6) is -0.518. The molecule has 0 amide bonds. The van der Waals surface area contributed by atoms with E-state index in [9.17, 15) is 23.3 Å². The first kappa shape index (κ1) is 15.1. The van der Waals surface area contributed by atoms with E-state index in [2.05, 4.69) is 4.74 Å². The van der Waals surface area contributed by atoms with Gasteiger partial charge in [-0.3, -0.25) is 10.1 Å². The van der Waals surface area contributed by atoms with Gasteiger partial charge in [-0.25, -0.2) is 0 Å². The number of alkyl halides is 3. The number of hydrogen-bond acceptors (Lipinski definition) is 3. The van der Waals surface area contributed by atoms with Gasteiger partial charge in [-0.1, -0.05) is 29.8 Å². The molecule has 21 heavy (non-hydrogen) atoms. The SMILES string of the molecule is O=[N+]([O-])c1cc(Cl)ccc1-c1ccccc1OC(F)(F)F. The van der Waals surface area contributed by atoms with Gasteiger partial charge in [0, 0.05) is 16.7 Å². The Labute approximate surface area is 121 Å². The van der Waals surface area contributed by atoms with E-state index in [1.165, 1.54) is 30.3 Å². The third-order valence-electron chi connectivity index (χ3n) is 2.56. The number of ether oxygens (including phenoxy) is 1. The van der Waals surface area contributed by atoms with Crippen molar-refractivity contribution in [1.29, 1.82) is 0 Å². The van der Waals surface area contributed by atoms with Crippen molar-refractivity contribution < 1.29 is 22.8 Å². The van der Waals surface area contributed by atoms with E-state index in [-0.39, 0.29) is 16.1 Å². The summed E-state index contributed by atoms with van der Waals surface area (Å²) in [4.78, 5) is 10.3. The predicted molar refractivity (Wildman–Crippen MR) is 70.2 cm³/mol. The van der Waals surface area contributed by atoms with E-state index < -0.39 is 22.7 Å². The Kier molecular flexibility index (Phi) is 4.04. The highest BCUT2D eigenvalue weighted by molar-refractivity contribution is 6.31. The van der Waals surface area contributed by atoms with Crippen LogP contribution in [0.25, 0.3) is 11.1 Å². The molecular weight excluding hydrogens is 311 g/mol. The van der Waals surface area contributed by atoms with Gasteiger partial charge < -0.3 is 4.74 Å². The Hall–Kier alpha value is -2.28.